The molecular formula is C21H25NO2S. The van der Waals surface area contributed by atoms with Crippen molar-refractivity contribution in [1.29, 1.82) is 0 Å². The molecule has 25 heavy (non-hydrogen) atoms. The van der Waals surface area contributed by atoms with E-state index in [1.165, 1.54) is 12.7 Å². The first kappa shape index (κ1) is 19.3. The molecule has 0 saturated carbocycles. The predicted octanol–water partition coefficient (Wildman–Crippen LogP) is 5.09. The molecular weight excluding hydrogens is 330 g/mol. The van der Waals surface area contributed by atoms with Crippen LogP contribution in [0.3, 0.4) is 0 Å². The van der Waals surface area contributed by atoms with E-state index < -0.39 is 0 Å². The molecule has 1 atom stereocenters. The number of unbranched alkanes of at least 4 members (excludes halogenated alkanes) is 1. The van der Waals surface area contributed by atoms with Gasteiger partial charge in [0, 0.05) is 11.4 Å². The summed E-state index contributed by atoms with van der Waals surface area (Å²) in [6.45, 7) is 4.44. The molecule has 0 bridgehead atoms. The number of carbonyl (C=O) groups excluding carboxylic acids is 1. The summed E-state index contributed by atoms with van der Waals surface area (Å²) in [5.41, 5.74) is 1.17. The van der Waals surface area contributed by atoms with Crippen LogP contribution in [-0.4, -0.2) is 23.4 Å². The molecule has 0 fully saturated rings. The van der Waals surface area contributed by atoms with E-state index in [-0.39, 0.29) is 12.0 Å². The van der Waals surface area contributed by atoms with E-state index in [1.54, 1.807) is 11.9 Å². The van der Waals surface area contributed by atoms with Gasteiger partial charge in [0.15, 0.2) is 0 Å². The topological polar surface area (TPSA) is 29.5 Å². The van der Waals surface area contributed by atoms with Gasteiger partial charge in [0.2, 0.25) is 0 Å². The Hall–Kier alpha value is -2.04. The Labute approximate surface area is 154 Å². The average Bonchev–Trinajstić information content (AvgIpc) is 2.66. The molecule has 0 aliphatic rings. The highest BCUT2D eigenvalue weighted by molar-refractivity contribution is 7.97. The smallest absolute Gasteiger partial charge is 0.324 e. The van der Waals surface area contributed by atoms with Crippen LogP contribution in [0.4, 0.5) is 0 Å². The molecule has 0 unspecified atom stereocenters. The van der Waals surface area contributed by atoms with Gasteiger partial charge >= 0.3 is 5.97 Å². The Kier molecular flexibility index (Phi) is 8.29. The second-order valence-corrected chi connectivity index (χ2v) is 6.85. The average molecular weight is 356 g/mol. The molecule has 2 aromatic carbocycles. The quantitative estimate of drug-likeness (QED) is 0.257. The summed E-state index contributed by atoms with van der Waals surface area (Å²) in [6.07, 6.45) is 4.43. The number of benzene rings is 2. The molecule has 0 spiro atoms. The number of nitrogens with zero attached hydrogens (tertiary/aromatic N) is 1. The minimum absolute atomic E-state index is 0.191. The fraction of sp³-hybridized carbons (Fsp3) is 0.286. The van der Waals surface area contributed by atoms with Gasteiger partial charge in [-0.05, 0) is 48.9 Å². The maximum Gasteiger partial charge on any atom is 0.324 e. The van der Waals surface area contributed by atoms with Gasteiger partial charge in [-0.1, -0.05) is 54.6 Å². The molecule has 0 amide bonds. The lowest BCUT2D eigenvalue weighted by molar-refractivity contribution is -0.145. The largest absolute Gasteiger partial charge is 0.468 e. The zero-order chi connectivity index (χ0) is 17.9. The molecule has 0 radical (unpaired) electrons. The molecule has 0 heterocycles. The summed E-state index contributed by atoms with van der Waals surface area (Å²) in [5.74, 6) is -0.191. The van der Waals surface area contributed by atoms with Crippen molar-refractivity contribution in [2.24, 2.45) is 0 Å². The first-order chi connectivity index (χ1) is 12.2. The molecule has 0 N–H and O–H groups in total. The number of hydrogen-bond donors (Lipinski definition) is 0. The second kappa shape index (κ2) is 10.7. The van der Waals surface area contributed by atoms with Gasteiger partial charge in [-0.2, -0.15) is 0 Å². The standard InChI is InChI=1S/C21H25NO2S/c1-3-4-7-16-20(21(23)24-2)22(17-18-12-8-5-9-13-18)25-19-14-10-6-11-15-19/h3,5-6,8-15,20H,1,4,7,16-17H2,2H3/t20-/m1/s1. The lowest BCUT2D eigenvalue weighted by Crippen LogP contribution is -2.37. The van der Waals surface area contributed by atoms with Crippen molar-refractivity contribution in [1.82, 2.24) is 4.31 Å². The SMILES string of the molecule is C=CCCC[C@H](C(=O)OC)N(Cc1ccccc1)Sc1ccccc1. The molecule has 2 rings (SSSR count). The lowest BCUT2D eigenvalue weighted by atomic mass is 10.1. The first-order valence-corrected chi connectivity index (χ1v) is 9.24. The van der Waals surface area contributed by atoms with Gasteiger partial charge in [-0.25, -0.2) is 4.31 Å². The minimum atomic E-state index is -0.296. The Morgan fingerprint density at radius 2 is 1.80 bits per heavy atom. The van der Waals surface area contributed by atoms with Crippen molar-refractivity contribution < 1.29 is 9.53 Å². The van der Waals surface area contributed by atoms with Gasteiger partial charge in [-0.15, -0.1) is 6.58 Å². The number of hydrogen-bond acceptors (Lipinski definition) is 4. The van der Waals surface area contributed by atoms with Gasteiger partial charge < -0.3 is 4.74 Å². The molecule has 0 aromatic heterocycles. The van der Waals surface area contributed by atoms with E-state index in [2.05, 4.69) is 35.1 Å². The zero-order valence-corrected chi connectivity index (χ0v) is 15.5. The van der Waals surface area contributed by atoms with Crippen molar-refractivity contribution in [3.05, 3.63) is 78.9 Å². The van der Waals surface area contributed by atoms with Crippen LogP contribution in [0.25, 0.3) is 0 Å². The van der Waals surface area contributed by atoms with E-state index in [1.807, 2.05) is 42.5 Å². The number of esters is 1. The molecule has 4 heteroatoms. The summed E-state index contributed by atoms with van der Waals surface area (Å²) < 4.78 is 7.20. The summed E-state index contributed by atoms with van der Waals surface area (Å²) in [5, 5.41) is 0. The third kappa shape index (κ3) is 6.40. The number of methoxy groups -OCH3 is 1. The molecule has 3 nitrogen and oxygen atoms in total. The van der Waals surface area contributed by atoms with E-state index >= 15 is 0 Å². The maximum atomic E-state index is 12.4. The van der Waals surface area contributed by atoms with Crippen molar-refractivity contribution >= 4 is 17.9 Å². The maximum absolute atomic E-state index is 12.4. The van der Waals surface area contributed by atoms with Crippen LogP contribution in [-0.2, 0) is 16.1 Å². The number of allylic oxidation sites excluding steroid dienone is 1. The van der Waals surface area contributed by atoms with Crippen molar-refractivity contribution in [2.45, 2.75) is 36.7 Å². The summed E-state index contributed by atoms with van der Waals surface area (Å²) in [7, 11) is 1.46. The molecule has 132 valence electrons. The van der Waals surface area contributed by atoms with Gasteiger partial charge in [0.25, 0.3) is 0 Å². The summed E-state index contributed by atoms with van der Waals surface area (Å²) in [4.78, 5) is 13.5. The van der Waals surface area contributed by atoms with Crippen LogP contribution in [0.5, 0.6) is 0 Å². The normalized spacial score (nSPS) is 11.9. The minimum Gasteiger partial charge on any atom is -0.468 e. The highest BCUT2D eigenvalue weighted by Crippen LogP contribution is 2.29. The van der Waals surface area contributed by atoms with Gasteiger partial charge in [-0.3, -0.25) is 4.79 Å². The zero-order valence-electron chi connectivity index (χ0n) is 14.6. The molecule has 0 saturated heterocycles. The van der Waals surface area contributed by atoms with Crippen LogP contribution >= 0.6 is 11.9 Å². The van der Waals surface area contributed by atoms with Crippen LogP contribution in [0.2, 0.25) is 0 Å². The molecule has 0 aliphatic carbocycles. The third-order valence-corrected chi connectivity index (χ3v) is 4.95. The van der Waals surface area contributed by atoms with Gasteiger partial charge in [0.05, 0.1) is 7.11 Å². The Balaban J connectivity index is 2.22. The number of rotatable bonds is 10. The van der Waals surface area contributed by atoms with Crippen LogP contribution in [0.15, 0.2) is 78.2 Å². The third-order valence-electron chi connectivity index (χ3n) is 3.85. The fourth-order valence-corrected chi connectivity index (χ4v) is 3.64. The highest BCUT2D eigenvalue weighted by Gasteiger charge is 2.27. The summed E-state index contributed by atoms with van der Waals surface area (Å²) in [6, 6.07) is 20.0. The predicted molar refractivity (Wildman–Crippen MR) is 104 cm³/mol. The van der Waals surface area contributed by atoms with Crippen molar-refractivity contribution in [3.8, 4) is 0 Å². The Bertz CT molecular complexity index is 604. The lowest BCUT2D eigenvalue weighted by Gasteiger charge is -2.28. The van der Waals surface area contributed by atoms with Crippen LogP contribution in [0, 0.1) is 0 Å². The van der Waals surface area contributed by atoms with E-state index in [9.17, 15) is 4.79 Å². The summed E-state index contributed by atoms with van der Waals surface area (Å²) >= 11 is 1.60. The molecule has 0 aliphatic heterocycles. The van der Waals surface area contributed by atoms with E-state index in [0.29, 0.717) is 6.54 Å². The van der Waals surface area contributed by atoms with Crippen LogP contribution in [0.1, 0.15) is 24.8 Å². The van der Waals surface area contributed by atoms with E-state index in [0.717, 1.165) is 24.2 Å². The highest BCUT2D eigenvalue weighted by atomic mass is 32.2. The fourth-order valence-electron chi connectivity index (χ4n) is 2.56. The Morgan fingerprint density at radius 1 is 1.16 bits per heavy atom. The van der Waals surface area contributed by atoms with Crippen molar-refractivity contribution in [2.75, 3.05) is 7.11 Å². The number of carbonyl (C=O) groups is 1. The first-order valence-electron chi connectivity index (χ1n) is 8.47. The van der Waals surface area contributed by atoms with Gasteiger partial charge in [0.1, 0.15) is 6.04 Å². The Morgan fingerprint density at radius 3 is 2.40 bits per heavy atom. The van der Waals surface area contributed by atoms with Crippen LogP contribution < -0.4 is 0 Å². The second-order valence-electron chi connectivity index (χ2n) is 5.72. The number of ether oxygens (including phenoxy) is 1. The van der Waals surface area contributed by atoms with E-state index in [4.69, 9.17) is 4.74 Å². The van der Waals surface area contributed by atoms with Crippen molar-refractivity contribution in [3.63, 3.8) is 0 Å². The molecule has 2 aromatic rings. The monoisotopic (exact) mass is 355 g/mol.